The summed E-state index contributed by atoms with van der Waals surface area (Å²) in [6.45, 7) is 5.30. The third-order valence-electron chi connectivity index (χ3n) is 5.44. The number of rotatable bonds is 8. The smallest absolute Gasteiger partial charge is 0.224 e. The minimum absolute atomic E-state index is 0.594. The zero-order valence-electron chi connectivity index (χ0n) is 17.3. The van der Waals surface area contributed by atoms with Crippen LogP contribution in [0.25, 0.3) is 22.4 Å². The maximum absolute atomic E-state index is 5.39. The van der Waals surface area contributed by atoms with Gasteiger partial charge in [0.1, 0.15) is 0 Å². The lowest BCUT2D eigenvalue weighted by Crippen LogP contribution is -2.39. The van der Waals surface area contributed by atoms with Crippen molar-refractivity contribution in [3.05, 3.63) is 52.5 Å². The van der Waals surface area contributed by atoms with Gasteiger partial charge >= 0.3 is 0 Å². The Morgan fingerprint density at radius 3 is 2.94 bits per heavy atom. The number of H-pyrrole nitrogens is 1. The molecule has 4 aromatic heterocycles. The van der Waals surface area contributed by atoms with E-state index in [1.807, 2.05) is 18.3 Å². The molecule has 0 spiro atoms. The van der Waals surface area contributed by atoms with Gasteiger partial charge in [-0.15, -0.1) is 0 Å². The van der Waals surface area contributed by atoms with E-state index in [0.29, 0.717) is 11.6 Å². The van der Waals surface area contributed by atoms with E-state index in [9.17, 15) is 0 Å². The molecule has 4 aromatic rings. The highest BCUT2D eigenvalue weighted by Gasteiger charge is 2.13. The standard InChI is InChI=1S/C22H25N7OS/c1-2-17(5-4-16-6-13-31-15-16)25-19(3-1)20-18-14-24-22(26-21(18)28-27-20)23-7-8-29-9-11-30-12-10-29/h1-3,6,13-15H,4-5,7-12H2,(H2,23,24,26,27,28). The van der Waals surface area contributed by atoms with E-state index < -0.39 is 0 Å². The average Bonchev–Trinajstić information content (AvgIpc) is 3.48. The number of hydrogen-bond acceptors (Lipinski definition) is 8. The van der Waals surface area contributed by atoms with Crippen molar-refractivity contribution < 1.29 is 4.74 Å². The molecule has 8 nitrogen and oxygen atoms in total. The van der Waals surface area contributed by atoms with Gasteiger partial charge in [0.05, 0.1) is 30.0 Å². The lowest BCUT2D eigenvalue weighted by molar-refractivity contribution is 0.0398. The van der Waals surface area contributed by atoms with Crippen molar-refractivity contribution in [2.45, 2.75) is 12.8 Å². The van der Waals surface area contributed by atoms with Crippen LogP contribution in [0.1, 0.15) is 11.3 Å². The lowest BCUT2D eigenvalue weighted by Gasteiger charge is -2.26. The monoisotopic (exact) mass is 435 g/mol. The van der Waals surface area contributed by atoms with Gasteiger partial charge in [0.15, 0.2) is 5.65 Å². The fraction of sp³-hybridized carbons (Fsp3) is 0.364. The van der Waals surface area contributed by atoms with Crippen LogP contribution < -0.4 is 5.32 Å². The minimum atomic E-state index is 0.594. The number of fused-ring (bicyclic) bond motifs is 1. The van der Waals surface area contributed by atoms with Crippen molar-refractivity contribution in [2.24, 2.45) is 0 Å². The molecular weight excluding hydrogens is 410 g/mol. The summed E-state index contributed by atoms with van der Waals surface area (Å²) in [6.07, 6.45) is 3.72. The first kappa shape index (κ1) is 20.0. The van der Waals surface area contributed by atoms with Gasteiger partial charge in [0, 0.05) is 38.1 Å². The van der Waals surface area contributed by atoms with Crippen LogP contribution in [0, 0.1) is 0 Å². The zero-order valence-corrected chi connectivity index (χ0v) is 18.1. The first-order valence-electron chi connectivity index (χ1n) is 10.6. The third-order valence-corrected chi connectivity index (χ3v) is 6.17. The summed E-state index contributed by atoms with van der Waals surface area (Å²) in [5, 5.41) is 16.0. The molecule has 0 unspecified atom stereocenters. The van der Waals surface area contributed by atoms with Gasteiger partial charge < -0.3 is 10.1 Å². The Labute approximate surface area is 184 Å². The molecule has 1 aliphatic heterocycles. The molecule has 0 atom stereocenters. The van der Waals surface area contributed by atoms with Crippen molar-refractivity contribution in [3.63, 3.8) is 0 Å². The Morgan fingerprint density at radius 1 is 1.13 bits per heavy atom. The Kier molecular flexibility index (Phi) is 6.15. The van der Waals surface area contributed by atoms with E-state index in [1.54, 1.807) is 11.3 Å². The zero-order chi connectivity index (χ0) is 20.9. The minimum Gasteiger partial charge on any atom is -0.379 e. The van der Waals surface area contributed by atoms with E-state index in [0.717, 1.165) is 74.7 Å². The van der Waals surface area contributed by atoms with Crippen molar-refractivity contribution in [2.75, 3.05) is 44.7 Å². The van der Waals surface area contributed by atoms with Crippen molar-refractivity contribution in [1.82, 2.24) is 30.0 Å². The number of nitrogens with zero attached hydrogens (tertiary/aromatic N) is 5. The highest BCUT2D eigenvalue weighted by Crippen LogP contribution is 2.24. The molecule has 1 saturated heterocycles. The molecule has 0 saturated carbocycles. The van der Waals surface area contributed by atoms with Gasteiger partial charge in [0.25, 0.3) is 0 Å². The Bertz CT molecular complexity index is 1120. The molecule has 160 valence electrons. The Hall–Kier alpha value is -2.88. The number of ether oxygens (including phenoxy) is 1. The Morgan fingerprint density at radius 2 is 2.06 bits per heavy atom. The largest absolute Gasteiger partial charge is 0.379 e. The van der Waals surface area contributed by atoms with Gasteiger partial charge in [-0.25, -0.2) is 4.98 Å². The second-order valence-electron chi connectivity index (χ2n) is 7.56. The maximum Gasteiger partial charge on any atom is 0.224 e. The number of anilines is 1. The number of aromatic amines is 1. The van der Waals surface area contributed by atoms with E-state index in [2.05, 4.69) is 53.3 Å². The fourth-order valence-electron chi connectivity index (χ4n) is 3.70. The molecule has 31 heavy (non-hydrogen) atoms. The fourth-order valence-corrected chi connectivity index (χ4v) is 4.40. The highest BCUT2D eigenvalue weighted by molar-refractivity contribution is 7.07. The quantitative estimate of drug-likeness (QED) is 0.440. The van der Waals surface area contributed by atoms with Crippen LogP contribution in [0.4, 0.5) is 5.95 Å². The summed E-state index contributed by atoms with van der Waals surface area (Å²) >= 11 is 1.73. The van der Waals surface area contributed by atoms with Crippen LogP contribution in [0.2, 0.25) is 0 Å². The van der Waals surface area contributed by atoms with Crippen LogP contribution in [-0.4, -0.2) is 69.4 Å². The predicted octanol–water partition coefficient (Wildman–Crippen LogP) is 3.01. The molecule has 9 heteroatoms. The average molecular weight is 436 g/mol. The number of pyridine rings is 1. The molecule has 2 N–H and O–H groups in total. The van der Waals surface area contributed by atoms with Gasteiger partial charge in [-0.1, -0.05) is 6.07 Å². The Balaban J connectivity index is 1.25. The summed E-state index contributed by atoms with van der Waals surface area (Å²) < 4.78 is 5.39. The summed E-state index contributed by atoms with van der Waals surface area (Å²) in [6, 6.07) is 8.28. The molecule has 0 bridgehead atoms. The normalized spacial score (nSPS) is 14.8. The number of aromatic nitrogens is 5. The molecule has 0 amide bonds. The van der Waals surface area contributed by atoms with Crippen molar-refractivity contribution >= 4 is 28.3 Å². The number of hydrogen-bond donors (Lipinski definition) is 2. The van der Waals surface area contributed by atoms with Crippen LogP contribution >= 0.6 is 11.3 Å². The first-order chi connectivity index (χ1) is 15.3. The predicted molar refractivity (Wildman–Crippen MR) is 122 cm³/mol. The molecular formula is C22H25N7OS. The molecule has 5 heterocycles. The summed E-state index contributed by atoms with van der Waals surface area (Å²) in [5.41, 5.74) is 4.78. The SMILES string of the molecule is c1cc(CCc2ccsc2)nc(-c2[nH]nc3nc(NCCN4CCOCC4)ncc23)c1. The van der Waals surface area contributed by atoms with Crippen LogP contribution in [0.5, 0.6) is 0 Å². The molecule has 0 radical (unpaired) electrons. The first-order valence-corrected chi connectivity index (χ1v) is 11.5. The number of nitrogens with one attached hydrogen (secondary N) is 2. The van der Waals surface area contributed by atoms with Gasteiger partial charge in [-0.3, -0.25) is 15.0 Å². The molecule has 0 aromatic carbocycles. The van der Waals surface area contributed by atoms with Gasteiger partial charge in [-0.05, 0) is 47.4 Å². The maximum atomic E-state index is 5.39. The van der Waals surface area contributed by atoms with Crippen LogP contribution in [-0.2, 0) is 17.6 Å². The van der Waals surface area contributed by atoms with Crippen LogP contribution in [0.15, 0.2) is 41.2 Å². The third kappa shape index (κ3) is 4.90. The molecule has 5 rings (SSSR count). The molecule has 0 aliphatic carbocycles. The second kappa shape index (κ2) is 9.51. The summed E-state index contributed by atoms with van der Waals surface area (Å²) in [5.74, 6) is 0.594. The van der Waals surface area contributed by atoms with Gasteiger partial charge in [0.2, 0.25) is 5.95 Å². The van der Waals surface area contributed by atoms with Crippen molar-refractivity contribution in [3.8, 4) is 11.4 Å². The van der Waals surface area contributed by atoms with E-state index in [4.69, 9.17) is 9.72 Å². The topological polar surface area (TPSA) is 91.8 Å². The number of aryl methyl sites for hydroxylation is 2. The summed E-state index contributed by atoms with van der Waals surface area (Å²) in [7, 11) is 0. The number of morpholine rings is 1. The lowest BCUT2D eigenvalue weighted by atomic mass is 10.1. The number of thiophene rings is 1. The van der Waals surface area contributed by atoms with Crippen molar-refractivity contribution in [1.29, 1.82) is 0 Å². The van der Waals surface area contributed by atoms with E-state index in [1.165, 1.54) is 5.56 Å². The highest BCUT2D eigenvalue weighted by atomic mass is 32.1. The molecule has 1 fully saturated rings. The second-order valence-corrected chi connectivity index (χ2v) is 8.34. The van der Waals surface area contributed by atoms with E-state index in [-0.39, 0.29) is 0 Å². The van der Waals surface area contributed by atoms with E-state index >= 15 is 0 Å². The van der Waals surface area contributed by atoms with Crippen LogP contribution in [0.3, 0.4) is 0 Å². The summed E-state index contributed by atoms with van der Waals surface area (Å²) in [4.78, 5) is 16.3. The molecule has 1 aliphatic rings. The van der Waals surface area contributed by atoms with Gasteiger partial charge in [-0.2, -0.15) is 21.4 Å².